The summed E-state index contributed by atoms with van der Waals surface area (Å²) in [5.74, 6) is -0.0249. The zero-order valence-electron chi connectivity index (χ0n) is 21.4. The molecule has 0 bridgehead atoms. The van der Waals surface area contributed by atoms with E-state index < -0.39 is 11.6 Å². The molecule has 0 saturated carbocycles. The molecule has 8 heteroatoms. The number of hydrogen-bond acceptors (Lipinski definition) is 3. The summed E-state index contributed by atoms with van der Waals surface area (Å²) in [5.41, 5.74) is 2.12. The lowest BCUT2D eigenvalue weighted by Crippen LogP contribution is -2.55. The molecule has 5 nitrogen and oxygen atoms in total. The van der Waals surface area contributed by atoms with Gasteiger partial charge in [-0.3, -0.25) is 9.59 Å². The van der Waals surface area contributed by atoms with Crippen LogP contribution >= 0.6 is 39.1 Å². The molecule has 37 heavy (non-hydrogen) atoms. The van der Waals surface area contributed by atoms with Crippen LogP contribution in [0.15, 0.2) is 71.2 Å². The number of rotatable bonds is 9. The van der Waals surface area contributed by atoms with E-state index >= 15 is 0 Å². The van der Waals surface area contributed by atoms with Gasteiger partial charge in [0, 0.05) is 33.0 Å². The number of benzene rings is 3. The summed E-state index contributed by atoms with van der Waals surface area (Å²) in [6.45, 7) is 7.55. The van der Waals surface area contributed by atoms with Gasteiger partial charge in [0.25, 0.3) is 5.91 Å². The molecular weight excluding hydrogens is 575 g/mol. The van der Waals surface area contributed by atoms with Gasteiger partial charge in [-0.05, 0) is 74.7 Å². The molecule has 3 aromatic carbocycles. The van der Waals surface area contributed by atoms with E-state index in [0.29, 0.717) is 27.8 Å². The van der Waals surface area contributed by atoms with Gasteiger partial charge < -0.3 is 15.0 Å². The van der Waals surface area contributed by atoms with Crippen molar-refractivity contribution < 1.29 is 14.3 Å². The van der Waals surface area contributed by atoms with Crippen LogP contribution < -0.4 is 10.1 Å². The van der Waals surface area contributed by atoms with Gasteiger partial charge in [-0.25, -0.2) is 0 Å². The van der Waals surface area contributed by atoms with E-state index in [0.717, 1.165) is 15.6 Å². The van der Waals surface area contributed by atoms with E-state index in [-0.39, 0.29) is 25.0 Å². The number of hydrogen-bond donors (Lipinski definition) is 1. The van der Waals surface area contributed by atoms with E-state index in [2.05, 4.69) is 21.2 Å². The van der Waals surface area contributed by atoms with E-state index in [1.165, 1.54) is 4.90 Å². The van der Waals surface area contributed by atoms with Gasteiger partial charge in [0.15, 0.2) is 6.61 Å². The number of carbonyl (C=O) groups excluding carboxylic acids is 2. The maximum Gasteiger partial charge on any atom is 0.261 e. The zero-order chi connectivity index (χ0) is 27.2. The van der Waals surface area contributed by atoms with Crippen LogP contribution in [0, 0.1) is 6.92 Å². The Kier molecular flexibility index (Phi) is 10.0. The molecule has 0 fully saturated rings. The number of ether oxygens (including phenoxy) is 1. The van der Waals surface area contributed by atoms with Crippen molar-refractivity contribution in [1.82, 2.24) is 10.2 Å². The van der Waals surface area contributed by atoms with Crippen LogP contribution in [0.3, 0.4) is 0 Å². The van der Waals surface area contributed by atoms with Gasteiger partial charge in [-0.2, -0.15) is 0 Å². The highest BCUT2D eigenvalue weighted by molar-refractivity contribution is 9.10. The number of aryl methyl sites for hydroxylation is 1. The summed E-state index contributed by atoms with van der Waals surface area (Å²) in [7, 11) is 0. The fraction of sp³-hybridized carbons (Fsp3) is 0.310. The topological polar surface area (TPSA) is 58.6 Å². The molecule has 196 valence electrons. The minimum absolute atomic E-state index is 0.118. The Bertz CT molecular complexity index is 1250. The molecule has 0 radical (unpaired) electrons. The van der Waals surface area contributed by atoms with Crippen molar-refractivity contribution in [3.05, 3.63) is 97.9 Å². The molecule has 0 aliphatic rings. The minimum atomic E-state index is -0.795. The third-order valence-corrected chi connectivity index (χ3v) is 7.09. The summed E-state index contributed by atoms with van der Waals surface area (Å²) in [4.78, 5) is 28.8. The number of amides is 2. The fourth-order valence-electron chi connectivity index (χ4n) is 3.78. The van der Waals surface area contributed by atoms with E-state index in [9.17, 15) is 9.59 Å². The predicted octanol–water partition coefficient (Wildman–Crippen LogP) is 7.00. The van der Waals surface area contributed by atoms with E-state index in [1.807, 2.05) is 70.2 Å². The molecule has 0 saturated heterocycles. The van der Waals surface area contributed by atoms with Crippen molar-refractivity contribution in [2.24, 2.45) is 0 Å². The molecular formula is C29H31BrCl2N2O3. The molecule has 0 aliphatic carbocycles. The highest BCUT2D eigenvalue weighted by Crippen LogP contribution is 2.25. The lowest BCUT2D eigenvalue weighted by Gasteiger charge is -2.34. The first-order valence-electron chi connectivity index (χ1n) is 11.9. The lowest BCUT2D eigenvalue weighted by molar-refractivity contribution is -0.143. The summed E-state index contributed by atoms with van der Waals surface area (Å²) >= 11 is 16.0. The summed E-state index contributed by atoms with van der Waals surface area (Å²) in [6, 6.07) is 19.5. The van der Waals surface area contributed by atoms with Crippen molar-refractivity contribution in [2.75, 3.05) is 6.61 Å². The van der Waals surface area contributed by atoms with Crippen LogP contribution in [0.4, 0.5) is 0 Å². The van der Waals surface area contributed by atoms with Crippen LogP contribution in [0.25, 0.3) is 0 Å². The number of halogens is 3. The maximum absolute atomic E-state index is 13.7. The van der Waals surface area contributed by atoms with Gasteiger partial charge in [-0.15, -0.1) is 0 Å². The normalized spacial score (nSPS) is 12.1. The Balaban J connectivity index is 1.96. The van der Waals surface area contributed by atoms with Crippen molar-refractivity contribution >= 4 is 50.9 Å². The van der Waals surface area contributed by atoms with Crippen molar-refractivity contribution in [2.45, 2.75) is 52.2 Å². The van der Waals surface area contributed by atoms with Gasteiger partial charge in [0.2, 0.25) is 5.91 Å². The summed E-state index contributed by atoms with van der Waals surface area (Å²) < 4.78 is 6.81. The first-order valence-corrected chi connectivity index (χ1v) is 13.5. The van der Waals surface area contributed by atoms with Crippen molar-refractivity contribution in [1.29, 1.82) is 0 Å². The monoisotopic (exact) mass is 604 g/mol. The molecule has 1 atom stereocenters. The minimum Gasteiger partial charge on any atom is -0.484 e. The Morgan fingerprint density at radius 1 is 1.03 bits per heavy atom. The number of carbonyl (C=O) groups is 2. The molecule has 1 N–H and O–H groups in total. The molecule has 3 rings (SSSR count). The van der Waals surface area contributed by atoms with Gasteiger partial charge in [0.05, 0.1) is 0 Å². The standard InChI is InChI=1S/C29H31BrCl2N2O3/c1-19-14-23(12-13-24(19)30)37-18-27(35)34(17-21-10-11-22(31)16-25(21)32)26(28(36)33-29(2,3)4)15-20-8-6-5-7-9-20/h5-14,16,26H,15,17-18H2,1-4H3,(H,33,36). The average molecular weight is 606 g/mol. The second kappa shape index (κ2) is 12.8. The van der Waals surface area contributed by atoms with Gasteiger partial charge in [0.1, 0.15) is 11.8 Å². The van der Waals surface area contributed by atoms with Crippen LogP contribution in [0.5, 0.6) is 5.75 Å². The molecule has 2 amide bonds. The first-order chi connectivity index (χ1) is 17.4. The molecule has 1 unspecified atom stereocenters. The zero-order valence-corrected chi connectivity index (χ0v) is 24.5. The second-order valence-electron chi connectivity index (χ2n) is 9.90. The SMILES string of the molecule is Cc1cc(OCC(=O)N(Cc2ccc(Cl)cc2Cl)C(Cc2ccccc2)C(=O)NC(C)(C)C)ccc1Br. The van der Waals surface area contributed by atoms with Crippen molar-refractivity contribution in [3.8, 4) is 5.75 Å². The Labute approximate surface area is 237 Å². The third kappa shape index (κ3) is 8.77. The van der Waals surface area contributed by atoms with Gasteiger partial charge in [-0.1, -0.05) is 75.5 Å². The molecule has 0 aliphatic heterocycles. The largest absolute Gasteiger partial charge is 0.484 e. The van der Waals surface area contributed by atoms with Crippen LogP contribution in [-0.2, 0) is 22.6 Å². The molecule has 0 aromatic heterocycles. The summed E-state index contributed by atoms with van der Waals surface area (Å²) in [6.07, 6.45) is 0.330. The highest BCUT2D eigenvalue weighted by atomic mass is 79.9. The quantitative estimate of drug-likeness (QED) is 0.286. The predicted molar refractivity (Wildman–Crippen MR) is 153 cm³/mol. The lowest BCUT2D eigenvalue weighted by atomic mass is 10.0. The maximum atomic E-state index is 13.7. The van der Waals surface area contributed by atoms with E-state index in [1.54, 1.807) is 24.3 Å². The fourth-order valence-corrected chi connectivity index (χ4v) is 4.49. The Morgan fingerprint density at radius 3 is 2.35 bits per heavy atom. The average Bonchev–Trinajstić information content (AvgIpc) is 2.82. The summed E-state index contributed by atoms with van der Waals surface area (Å²) in [5, 5.41) is 3.95. The van der Waals surface area contributed by atoms with Crippen LogP contribution in [0.1, 0.15) is 37.5 Å². The Hall–Kier alpha value is -2.54. The van der Waals surface area contributed by atoms with Gasteiger partial charge >= 0.3 is 0 Å². The number of nitrogens with zero attached hydrogens (tertiary/aromatic N) is 1. The third-order valence-electron chi connectivity index (χ3n) is 5.62. The first kappa shape index (κ1) is 29.0. The van der Waals surface area contributed by atoms with Crippen LogP contribution in [0.2, 0.25) is 10.0 Å². The highest BCUT2D eigenvalue weighted by Gasteiger charge is 2.32. The van der Waals surface area contributed by atoms with E-state index in [4.69, 9.17) is 27.9 Å². The van der Waals surface area contributed by atoms with Crippen molar-refractivity contribution in [3.63, 3.8) is 0 Å². The number of nitrogens with one attached hydrogen (secondary N) is 1. The van der Waals surface area contributed by atoms with Crippen LogP contribution in [-0.4, -0.2) is 34.9 Å². The Morgan fingerprint density at radius 2 is 1.73 bits per heavy atom. The molecule has 3 aromatic rings. The smallest absolute Gasteiger partial charge is 0.261 e. The second-order valence-corrected chi connectivity index (χ2v) is 11.6. The molecule has 0 heterocycles. The molecule has 0 spiro atoms.